The lowest BCUT2D eigenvalue weighted by Gasteiger charge is -2.17. The summed E-state index contributed by atoms with van der Waals surface area (Å²) in [6.07, 6.45) is 15.7. The van der Waals surface area contributed by atoms with E-state index in [1.165, 1.54) is 0 Å². The smallest absolute Gasteiger partial charge is 0.125 e. The minimum absolute atomic E-state index is 0.955. The Balaban J connectivity index is 1.07. The third kappa shape index (κ3) is 6.90. The largest absolute Gasteiger partial charge is 0.263 e. The Hall–Kier alpha value is -8.71. The Morgan fingerprint density at radius 1 is 0.269 bits per heavy atom. The van der Waals surface area contributed by atoms with E-state index in [-0.39, 0.29) is 0 Å². The zero-order valence-corrected chi connectivity index (χ0v) is 36.8. The van der Waals surface area contributed by atoms with Gasteiger partial charge in [-0.05, 0) is 121 Å². The number of nitrogens with zero attached hydrogens (tertiary/aromatic N) is 5. The number of benzene rings is 8. The fraction of sp³-hybridized carbons (Fsp3) is 0. The highest BCUT2D eigenvalue weighted by molar-refractivity contribution is 7.21. The lowest BCUT2D eigenvalue weighted by molar-refractivity contribution is 1.35. The van der Waals surface area contributed by atoms with Gasteiger partial charge in [0.2, 0.25) is 0 Å². The Labute approximate surface area is 390 Å². The first-order chi connectivity index (χ1) is 33.2. The summed E-state index contributed by atoms with van der Waals surface area (Å²) < 4.78 is 1.14. The normalized spacial score (nSPS) is 11.6. The summed E-state index contributed by atoms with van der Waals surface area (Å²) >= 11 is 1.72. The zero-order valence-electron chi connectivity index (χ0n) is 36.0. The van der Waals surface area contributed by atoms with Crippen molar-refractivity contribution in [3.63, 3.8) is 0 Å². The number of para-hydroxylation sites is 1. The molecule has 67 heavy (non-hydrogen) atoms. The predicted octanol–water partition coefficient (Wildman–Crippen LogP) is 16.2. The summed E-state index contributed by atoms with van der Waals surface area (Å²) in [4.78, 5) is 24.3. The second-order valence-electron chi connectivity index (χ2n) is 17.0. The Kier molecular flexibility index (Phi) is 9.29. The van der Waals surface area contributed by atoms with E-state index < -0.39 is 0 Å². The van der Waals surface area contributed by atoms with E-state index >= 15 is 0 Å². The number of fused-ring (bicyclic) bond motifs is 5. The lowest BCUT2D eigenvalue weighted by Crippen LogP contribution is -1.93. The summed E-state index contributed by atoms with van der Waals surface area (Å²) in [5.41, 5.74) is 15.0. The second kappa shape index (κ2) is 16.1. The van der Waals surface area contributed by atoms with Crippen LogP contribution in [0.3, 0.4) is 0 Å². The van der Waals surface area contributed by atoms with Crippen molar-refractivity contribution < 1.29 is 0 Å². The van der Waals surface area contributed by atoms with Crippen LogP contribution in [0.1, 0.15) is 0 Å². The summed E-state index contributed by atoms with van der Waals surface area (Å²) in [6.45, 7) is 0. The van der Waals surface area contributed by atoms with Crippen LogP contribution in [0.25, 0.3) is 131 Å². The van der Waals surface area contributed by atoms with Crippen LogP contribution >= 0.6 is 11.3 Å². The molecule has 0 aliphatic heterocycles. The molecule has 8 aromatic carbocycles. The molecule has 0 radical (unpaired) electrons. The second-order valence-corrected chi connectivity index (χ2v) is 18.0. The van der Waals surface area contributed by atoms with Gasteiger partial charge >= 0.3 is 0 Å². The maximum atomic E-state index is 5.33. The van der Waals surface area contributed by atoms with Crippen LogP contribution in [0.2, 0.25) is 0 Å². The van der Waals surface area contributed by atoms with Crippen LogP contribution in [-0.2, 0) is 0 Å². The van der Waals surface area contributed by atoms with E-state index in [1.54, 1.807) is 11.3 Å². The summed E-state index contributed by atoms with van der Waals surface area (Å²) in [5.74, 6) is 0. The molecule has 0 fully saturated rings. The van der Waals surface area contributed by atoms with Gasteiger partial charge in [0, 0.05) is 98.9 Å². The van der Waals surface area contributed by atoms with E-state index in [2.05, 4.69) is 176 Å². The highest BCUT2D eigenvalue weighted by atomic mass is 32.1. The molecule has 0 atom stereocenters. The fourth-order valence-electron chi connectivity index (χ4n) is 9.73. The van der Waals surface area contributed by atoms with Crippen LogP contribution in [-0.4, -0.2) is 24.9 Å². The maximum Gasteiger partial charge on any atom is 0.125 e. The van der Waals surface area contributed by atoms with Crippen molar-refractivity contribution in [1.29, 1.82) is 0 Å². The van der Waals surface area contributed by atoms with Crippen LogP contribution in [0.15, 0.2) is 225 Å². The van der Waals surface area contributed by atoms with Gasteiger partial charge in [0.05, 0.1) is 10.2 Å². The van der Waals surface area contributed by atoms with E-state index in [1.807, 2.05) is 49.6 Å². The molecule has 0 unspecified atom stereocenters. The van der Waals surface area contributed by atoms with Gasteiger partial charge in [-0.25, -0.2) is 4.98 Å². The third-order valence-corrected chi connectivity index (χ3v) is 14.0. The minimum Gasteiger partial charge on any atom is -0.263 e. The first kappa shape index (κ1) is 38.7. The highest BCUT2D eigenvalue weighted by Crippen LogP contribution is 2.45. The maximum absolute atomic E-state index is 5.33. The number of rotatable bonds is 7. The molecule has 0 N–H and O–H groups in total. The molecule has 5 nitrogen and oxygen atoms in total. The fourth-order valence-corrected chi connectivity index (χ4v) is 10.7. The molecule has 0 aliphatic carbocycles. The number of aromatic nitrogens is 5. The van der Waals surface area contributed by atoms with Crippen molar-refractivity contribution >= 4 is 64.6 Å². The molecule has 0 bridgehead atoms. The van der Waals surface area contributed by atoms with Gasteiger partial charge in [0.25, 0.3) is 0 Å². The number of hydrogen-bond donors (Lipinski definition) is 0. The standard InChI is InChI=1S/C61H37N5S/c1-5-15-49-39(11-1)30-62-34-55(49)45-23-43(24-46(27-45)56-35-63-31-40-12-2-6-16-50(40)56)38-21-22-53(54(29-38)61-66-59-19-9-10-20-60(59)67-61)44-25-47(57-36-64-32-41-13-3-7-17-51(41)57)28-48(26-44)58-37-65-33-42-14-4-8-18-52(42)58/h1-37H. The molecule has 0 saturated carbocycles. The lowest BCUT2D eigenvalue weighted by atomic mass is 9.88. The molecular weight excluding hydrogens is 835 g/mol. The van der Waals surface area contributed by atoms with Crippen LogP contribution in [0, 0.1) is 0 Å². The molecule has 0 aliphatic rings. The molecule has 312 valence electrons. The first-order valence-electron chi connectivity index (χ1n) is 22.3. The molecule has 13 aromatic rings. The van der Waals surface area contributed by atoms with Gasteiger partial charge in [-0.2, -0.15) is 0 Å². The molecular formula is C61H37N5S. The van der Waals surface area contributed by atoms with E-state index in [9.17, 15) is 0 Å². The molecule has 0 amide bonds. The SMILES string of the molecule is c1ccc2c(-c3cc(-c4ccc(-c5cc(-c6cncc7ccccc67)cc(-c6cncc7ccccc67)c5)c(-c5nc6ccccc6s5)c4)cc(-c4cncc5ccccc45)c3)cncc2c1. The highest BCUT2D eigenvalue weighted by Gasteiger charge is 2.19. The molecule has 5 heterocycles. The Bertz CT molecular complexity index is 3830. The van der Waals surface area contributed by atoms with Gasteiger partial charge in [-0.3, -0.25) is 19.9 Å². The van der Waals surface area contributed by atoms with Crippen molar-refractivity contribution in [2.75, 3.05) is 0 Å². The van der Waals surface area contributed by atoms with Crippen LogP contribution in [0.4, 0.5) is 0 Å². The first-order valence-corrected chi connectivity index (χ1v) is 23.1. The monoisotopic (exact) mass is 871 g/mol. The minimum atomic E-state index is 0.955. The van der Waals surface area contributed by atoms with Crippen molar-refractivity contribution in [3.8, 4) is 77.3 Å². The van der Waals surface area contributed by atoms with Gasteiger partial charge < -0.3 is 0 Å². The van der Waals surface area contributed by atoms with Gasteiger partial charge in [-0.1, -0.05) is 121 Å². The third-order valence-electron chi connectivity index (χ3n) is 13.0. The zero-order chi connectivity index (χ0) is 44.3. The molecule has 6 heteroatoms. The molecule has 5 aromatic heterocycles. The van der Waals surface area contributed by atoms with Crippen LogP contribution < -0.4 is 0 Å². The van der Waals surface area contributed by atoms with E-state index in [0.29, 0.717) is 0 Å². The summed E-state index contributed by atoms with van der Waals surface area (Å²) in [6, 6.07) is 63.1. The molecule has 0 spiro atoms. The van der Waals surface area contributed by atoms with Gasteiger partial charge in [0.15, 0.2) is 0 Å². The predicted molar refractivity (Wildman–Crippen MR) is 279 cm³/mol. The van der Waals surface area contributed by atoms with Crippen molar-refractivity contribution in [1.82, 2.24) is 24.9 Å². The summed E-state index contributed by atoms with van der Waals surface area (Å²) in [7, 11) is 0. The quantitative estimate of drug-likeness (QED) is 0.160. The van der Waals surface area contributed by atoms with Crippen LogP contribution in [0.5, 0.6) is 0 Å². The number of pyridine rings is 4. The van der Waals surface area contributed by atoms with Gasteiger partial charge in [-0.15, -0.1) is 11.3 Å². The molecule has 0 saturated heterocycles. The number of thiazole rings is 1. The van der Waals surface area contributed by atoms with Crippen molar-refractivity contribution in [2.24, 2.45) is 0 Å². The number of hydrogen-bond acceptors (Lipinski definition) is 6. The average molecular weight is 872 g/mol. The summed E-state index contributed by atoms with van der Waals surface area (Å²) in [5, 5.41) is 9.95. The van der Waals surface area contributed by atoms with Gasteiger partial charge in [0.1, 0.15) is 5.01 Å². The molecule has 13 rings (SSSR count). The van der Waals surface area contributed by atoms with Crippen molar-refractivity contribution in [2.45, 2.75) is 0 Å². The average Bonchev–Trinajstić information content (AvgIpc) is 3.84. The Morgan fingerprint density at radius 2 is 0.642 bits per heavy atom. The topological polar surface area (TPSA) is 64.5 Å². The van der Waals surface area contributed by atoms with Crippen molar-refractivity contribution in [3.05, 3.63) is 225 Å². The Morgan fingerprint density at radius 3 is 1.07 bits per heavy atom. The van der Waals surface area contributed by atoms with E-state index in [0.717, 1.165) is 131 Å². The van der Waals surface area contributed by atoms with E-state index in [4.69, 9.17) is 24.9 Å².